The number of carbonyl (C=O) groups excluding carboxylic acids is 2. The number of rotatable bonds is 6. The van der Waals surface area contributed by atoms with Crippen LogP contribution in [0.1, 0.15) is 39.3 Å². The minimum Gasteiger partial charge on any atom is -0.338 e. The summed E-state index contributed by atoms with van der Waals surface area (Å²) in [6.07, 6.45) is 4.86. The molecule has 0 saturated heterocycles. The molecule has 29 heavy (non-hydrogen) atoms. The molecule has 0 spiro atoms. The molecule has 6 heteroatoms. The van der Waals surface area contributed by atoms with Crippen LogP contribution in [0, 0.1) is 0 Å². The highest BCUT2D eigenvalue weighted by molar-refractivity contribution is 7.09. The van der Waals surface area contributed by atoms with Gasteiger partial charge in [-0.1, -0.05) is 18.2 Å². The molecule has 2 aromatic heterocycles. The second kappa shape index (κ2) is 9.01. The van der Waals surface area contributed by atoms with Crippen molar-refractivity contribution in [2.24, 2.45) is 0 Å². The predicted molar refractivity (Wildman–Crippen MR) is 115 cm³/mol. The average Bonchev–Trinajstić information content (AvgIpc) is 3.27. The Balaban J connectivity index is 1.36. The van der Waals surface area contributed by atoms with Crippen molar-refractivity contribution in [1.29, 1.82) is 0 Å². The van der Waals surface area contributed by atoms with Crippen molar-refractivity contribution in [2.75, 3.05) is 11.9 Å². The van der Waals surface area contributed by atoms with E-state index in [9.17, 15) is 9.59 Å². The van der Waals surface area contributed by atoms with Gasteiger partial charge in [0.15, 0.2) is 0 Å². The summed E-state index contributed by atoms with van der Waals surface area (Å²) in [5, 5.41) is 4.97. The number of nitrogens with zero attached hydrogens (tertiary/aromatic N) is 2. The first-order valence-electron chi connectivity index (χ1n) is 9.83. The number of benzene rings is 1. The van der Waals surface area contributed by atoms with Gasteiger partial charge in [0.2, 0.25) is 5.91 Å². The highest BCUT2D eigenvalue weighted by Gasteiger charge is 2.21. The van der Waals surface area contributed by atoms with Gasteiger partial charge in [0, 0.05) is 36.3 Å². The van der Waals surface area contributed by atoms with Crippen LogP contribution in [-0.2, 0) is 24.2 Å². The van der Waals surface area contributed by atoms with Crippen molar-refractivity contribution in [1.82, 2.24) is 9.88 Å². The van der Waals surface area contributed by atoms with Crippen molar-refractivity contribution < 1.29 is 9.59 Å². The first-order chi connectivity index (χ1) is 14.2. The summed E-state index contributed by atoms with van der Waals surface area (Å²) in [5.74, 6) is -0.0296. The molecule has 0 bridgehead atoms. The predicted octanol–water partition coefficient (Wildman–Crippen LogP) is 4.30. The molecular weight excluding hydrogens is 382 g/mol. The summed E-state index contributed by atoms with van der Waals surface area (Å²) in [6, 6.07) is 15.4. The van der Waals surface area contributed by atoms with Gasteiger partial charge in [-0.25, -0.2) is 0 Å². The number of thiophene rings is 1. The van der Waals surface area contributed by atoms with Gasteiger partial charge in [-0.2, -0.15) is 0 Å². The van der Waals surface area contributed by atoms with Crippen molar-refractivity contribution in [3.05, 3.63) is 81.8 Å². The lowest BCUT2D eigenvalue weighted by Gasteiger charge is -2.29. The van der Waals surface area contributed by atoms with Crippen LogP contribution in [0.5, 0.6) is 0 Å². The van der Waals surface area contributed by atoms with Crippen molar-refractivity contribution >= 4 is 28.8 Å². The van der Waals surface area contributed by atoms with Gasteiger partial charge >= 0.3 is 0 Å². The molecule has 0 fully saturated rings. The first kappa shape index (κ1) is 19.3. The lowest BCUT2D eigenvalue weighted by atomic mass is 9.98. The van der Waals surface area contributed by atoms with E-state index in [-0.39, 0.29) is 11.8 Å². The number of hydrogen-bond donors (Lipinski definition) is 1. The van der Waals surface area contributed by atoms with E-state index in [1.54, 1.807) is 35.7 Å². The van der Waals surface area contributed by atoms with E-state index in [4.69, 9.17) is 0 Å². The molecule has 1 aliphatic rings. The lowest BCUT2D eigenvalue weighted by molar-refractivity contribution is -0.132. The molecule has 0 saturated carbocycles. The molecule has 1 aromatic carbocycles. The summed E-state index contributed by atoms with van der Waals surface area (Å²) in [6.45, 7) is 1.35. The monoisotopic (exact) mass is 405 g/mol. The van der Waals surface area contributed by atoms with Crippen LogP contribution >= 0.6 is 11.3 Å². The number of carbonyl (C=O) groups is 2. The van der Waals surface area contributed by atoms with Crippen LogP contribution in [0.3, 0.4) is 0 Å². The fourth-order valence-corrected chi connectivity index (χ4v) is 4.32. The Bertz CT molecular complexity index is 987. The molecule has 3 aromatic rings. The third-order valence-corrected chi connectivity index (χ3v) is 6.06. The summed E-state index contributed by atoms with van der Waals surface area (Å²) < 4.78 is 0. The lowest BCUT2D eigenvalue weighted by Crippen LogP contribution is -2.35. The van der Waals surface area contributed by atoms with Crippen LogP contribution in [-0.4, -0.2) is 28.2 Å². The van der Waals surface area contributed by atoms with Gasteiger partial charge in [0.05, 0.1) is 0 Å². The van der Waals surface area contributed by atoms with Crippen LogP contribution in [0.2, 0.25) is 0 Å². The van der Waals surface area contributed by atoms with E-state index in [1.165, 1.54) is 10.4 Å². The first-order valence-corrected chi connectivity index (χ1v) is 10.7. The minimum absolute atomic E-state index is 0.204. The molecule has 2 amide bonds. The quantitative estimate of drug-likeness (QED) is 0.665. The molecule has 0 atom stereocenters. The SMILES string of the molecule is O=C(Nc1ccc2c(c1)CN(C(=O)CCCc1cccs1)CC2)c1ccccn1. The average molecular weight is 406 g/mol. The molecule has 4 rings (SSSR count). The van der Waals surface area contributed by atoms with Gasteiger partial charge in [-0.3, -0.25) is 14.6 Å². The molecule has 148 valence electrons. The molecule has 0 aliphatic carbocycles. The molecule has 3 heterocycles. The molecule has 1 aliphatic heterocycles. The molecule has 0 unspecified atom stereocenters. The zero-order chi connectivity index (χ0) is 20.1. The van der Waals surface area contributed by atoms with Crippen LogP contribution in [0.15, 0.2) is 60.1 Å². The van der Waals surface area contributed by atoms with Gasteiger partial charge in [0.1, 0.15) is 5.69 Å². The number of nitrogens with one attached hydrogen (secondary N) is 1. The summed E-state index contributed by atoms with van der Waals surface area (Å²) in [7, 11) is 0. The van der Waals surface area contributed by atoms with Gasteiger partial charge in [0.25, 0.3) is 5.91 Å². The fourth-order valence-electron chi connectivity index (χ4n) is 3.57. The van der Waals surface area contributed by atoms with Crippen molar-refractivity contribution in [3.63, 3.8) is 0 Å². The Morgan fingerprint density at radius 2 is 2.03 bits per heavy atom. The number of amides is 2. The maximum Gasteiger partial charge on any atom is 0.274 e. The van der Waals surface area contributed by atoms with E-state index in [1.807, 2.05) is 29.2 Å². The largest absolute Gasteiger partial charge is 0.338 e. The van der Waals surface area contributed by atoms with Crippen molar-refractivity contribution in [2.45, 2.75) is 32.2 Å². The smallest absolute Gasteiger partial charge is 0.274 e. The zero-order valence-corrected chi connectivity index (χ0v) is 17.0. The molecular formula is C23H23N3O2S. The van der Waals surface area contributed by atoms with E-state index < -0.39 is 0 Å². The Hall–Kier alpha value is -2.99. The summed E-state index contributed by atoms with van der Waals surface area (Å²) in [5.41, 5.74) is 3.45. The third kappa shape index (κ3) is 4.90. The van der Waals surface area contributed by atoms with Crippen LogP contribution < -0.4 is 5.32 Å². The Labute approximate surface area is 174 Å². The number of hydrogen-bond acceptors (Lipinski definition) is 4. The number of aryl methyl sites for hydroxylation is 1. The minimum atomic E-state index is -0.233. The second-order valence-electron chi connectivity index (χ2n) is 7.15. The van der Waals surface area contributed by atoms with Crippen molar-refractivity contribution in [3.8, 4) is 0 Å². The number of anilines is 1. The van der Waals surface area contributed by atoms with Gasteiger partial charge < -0.3 is 10.2 Å². The third-order valence-electron chi connectivity index (χ3n) is 5.12. The summed E-state index contributed by atoms with van der Waals surface area (Å²) in [4.78, 5) is 32.3. The maximum absolute atomic E-state index is 12.6. The van der Waals surface area contributed by atoms with Crippen LogP contribution in [0.25, 0.3) is 0 Å². The Kier molecular flexibility index (Phi) is 6.00. The number of fused-ring (bicyclic) bond motifs is 1. The summed E-state index contributed by atoms with van der Waals surface area (Å²) >= 11 is 1.74. The molecule has 1 N–H and O–H groups in total. The standard InChI is InChI=1S/C23H23N3O2S/c27-22(8-3-5-20-6-4-14-29-20)26-13-11-17-9-10-19(15-18(17)16-26)25-23(28)21-7-1-2-12-24-21/h1-2,4,6-7,9-10,12,14-15H,3,5,8,11,13,16H2,(H,25,28). The fraction of sp³-hybridized carbons (Fsp3) is 0.261. The highest BCUT2D eigenvalue weighted by atomic mass is 32.1. The zero-order valence-electron chi connectivity index (χ0n) is 16.1. The maximum atomic E-state index is 12.6. The highest BCUT2D eigenvalue weighted by Crippen LogP contribution is 2.24. The van der Waals surface area contributed by atoms with E-state index in [2.05, 4.69) is 21.7 Å². The molecule has 0 radical (unpaired) electrons. The van der Waals surface area contributed by atoms with E-state index in [0.717, 1.165) is 37.1 Å². The normalized spacial score (nSPS) is 13.0. The Morgan fingerprint density at radius 1 is 1.10 bits per heavy atom. The Morgan fingerprint density at radius 3 is 2.83 bits per heavy atom. The van der Waals surface area contributed by atoms with Gasteiger partial charge in [-0.05, 0) is 66.1 Å². The number of aromatic nitrogens is 1. The number of pyridine rings is 1. The van der Waals surface area contributed by atoms with E-state index in [0.29, 0.717) is 18.7 Å². The molecule has 5 nitrogen and oxygen atoms in total. The van der Waals surface area contributed by atoms with Crippen LogP contribution in [0.4, 0.5) is 5.69 Å². The van der Waals surface area contributed by atoms with E-state index >= 15 is 0 Å². The topological polar surface area (TPSA) is 62.3 Å². The second-order valence-corrected chi connectivity index (χ2v) is 8.18. The van der Waals surface area contributed by atoms with Gasteiger partial charge in [-0.15, -0.1) is 11.3 Å².